The number of hydrogen-bond donors (Lipinski definition) is 1. The smallest absolute Gasteiger partial charge is 0.268 e. The summed E-state index contributed by atoms with van der Waals surface area (Å²) in [7, 11) is -3.78. The normalized spacial score (nSPS) is 17.0. The lowest BCUT2D eigenvalue weighted by molar-refractivity contribution is -0.138. The lowest BCUT2D eigenvalue weighted by atomic mass is 10.1. The number of amides is 2. The molecule has 3 rings (SSSR count). The molecule has 1 saturated heterocycles. The summed E-state index contributed by atoms with van der Waals surface area (Å²) in [4.78, 5) is 29.0. The summed E-state index contributed by atoms with van der Waals surface area (Å²) in [5, 5.41) is 0.221. The highest BCUT2D eigenvalue weighted by Gasteiger charge is 2.28. The molecule has 0 saturated carbocycles. The minimum absolute atomic E-state index is 0.0523. The highest BCUT2D eigenvalue weighted by atomic mass is 35.5. The average molecular weight is 498 g/mol. The number of carbonyl (C=O) groups is 2. The average Bonchev–Trinajstić information content (AvgIpc) is 2.73. The van der Waals surface area contributed by atoms with Crippen molar-refractivity contribution in [2.75, 3.05) is 32.5 Å². The summed E-state index contributed by atoms with van der Waals surface area (Å²) in [5.41, 5.74) is 0.909. The van der Waals surface area contributed by atoms with Gasteiger partial charge in [0.15, 0.2) is 6.61 Å². The Morgan fingerprint density at radius 1 is 1.18 bits per heavy atom. The van der Waals surface area contributed by atoms with E-state index in [4.69, 9.17) is 16.3 Å². The Morgan fingerprint density at radius 2 is 1.88 bits per heavy atom. The first kappa shape index (κ1) is 24.9. The van der Waals surface area contributed by atoms with Gasteiger partial charge >= 0.3 is 0 Å². The first-order valence-corrected chi connectivity index (χ1v) is 12.5. The predicted molar refractivity (Wildman–Crippen MR) is 122 cm³/mol. The van der Waals surface area contributed by atoms with Crippen LogP contribution in [0.1, 0.15) is 22.8 Å². The maximum absolute atomic E-state index is 13.1. The van der Waals surface area contributed by atoms with Crippen LogP contribution in [-0.4, -0.2) is 68.6 Å². The van der Waals surface area contributed by atoms with E-state index in [1.165, 1.54) is 30.3 Å². The fraction of sp³-hybridized carbons (Fsp3) is 0.364. The van der Waals surface area contributed by atoms with Crippen LogP contribution in [-0.2, 0) is 21.4 Å². The van der Waals surface area contributed by atoms with Gasteiger partial charge in [0, 0.05) is 37.2 Å². The van der Waals surface area contributed by atoms with Gasteiger partial charge in [0.25, 0.3) is 11.8 Å². The maximum atomic E-state index is 13.1. The number of carbonyl (C=O) groups excluding carboxylic acids is 2. The molecule has 0 aromatic heterocycles. The zero-order valence-corrected chi connectivity index (χ0v) is 19.8. The molecule has 1 atom stereocenters. The fourth-order valence-corrected chi connectivity index (χ4v) is 4.27. The standard InChI is InChI=1S/C22H25ClFN3O5S/c1-15-12-26(13-16-3-6-18(24)7-4-16)9-10-27(15)21(28)14-32-20-8-5-17(23)11-19(20)22(29)25-33(2,30)31/h3-8,11,15H,9-10,12-14H2,1-2H3,(H,25,29). The molecule has 33 heavy (non-hydrogen) atoms. The number of ether oxygens (including phenoxy) is 1. The van der Waals surface area contributed by atoms with Gasteiger partial charge in [-0.15, -0.1) is 0 Å². The molecule has 1 aliphatic rings. The van der Waals surface area contributed by atoms with Crippen LogP contribution in [0.25, 0.3) is 0 Å². The van der Waals surface area contributed by atoms with Crippen molar-refractivity contribution in [3.8, 4) is 5.75 Å². The van der Waals surface area contributed by atoms with Crippen molar-refractivity contribution < 1.29 is 27.1 Å². The Bertz CT molecular complexity index is 1130. The number of hydrogen-bond acceptors (Lipinski definition) is 6. The number of sulfonamides is 1. The highest BCUT2D eigenvalue weighted by Crippen LogP contribution is 2.23. The van der Waals surface area contributed by atoms with E-state index in [2.05, 4.69) is 4.90 Å². The van der Waals surface area contributed by atoms with Crippen LogP contribution in [0.4, 0.5) is 4.39 Å². The minimum atomic E-state index is -3.78. The van der Waals surface area contributed by atoms with E-state index in [1.807, 2.05) is 11.6 Å². The predicted octanol–water partition coefficient (Wildman–Crippen LogP) is 2.28. The van der Waals surface area contributed by atoms with Gasteiger partial charge in [-0.05, 0) is 42.8 Å². The molecule has 0 radical (unpaired) electrons. The monoisotopic (exact) mass is 497 g/mol. The van der Waals surface area contributed by atoms with Crippen LogP contribution >= 0.6 is 11.6 Å². The van der Waals surface area contributed by atoms with E-state index in [9.17, 15) is 22.4 Å². The Labute approximate surface area is 197 Å². The molecule has 0 bridgehead atoms. The number of nitrogens with one attached hydrogen (secondary N) is 1. The minimum Gasteiger partial charge on any atom is -0.483 e. The summed E-state index contributed by atoms with van der Waals surface area (Å²) < 4.78 is 43.3. The zero-order chi connectivity index (χ0) is 24.2. The van der Waals surface area contributed by atoms with Crippen molar-refractivity contribution in [3.05, 3.63) is 64.4 Å². The van der Waals surface area contributed by atoms with Crippen molar-refractivity contribution >= 4 is 33.4 Å². The lowest BCUT2D eigenvalue weighted by Crippen LogP contribution is -2.54. The molecule has 0 aliphatic carbocycles. The van der Waals surface area contributed by atoms with Gasteiger partial charge in [-0.3, -0.25) is 14.5 Å². The van der Waals surface area contributed by atoms with Gasteiger partial charge in [0.2, 0.25) is 10.0 Å². The third-order valence-electron chi connectivity index (χ3n) is 5.17. The Balaban J connectivity index is 1.59. The molecule has 1 N–H and O–H groups in total. The van der Waals surface area contributed by atoms with Crippen LogP contribution < -0.4 is 9.46 Å². The van der Waals surface area contributed by atoms with E-state index in [-0.39, 0.29) is 40.7 Å². The van der Waals surface area contributed by atoms with Crippen molar-refractivity contribution in [1.29, 1.82) is 0 Å². The second-order valence-corrected chi connectivity index (χ2v) is 10.1. The molecule has 8 nitrogen and oxygen atoms in total. The van der Waals surface area contributed by atoms with E-state index in [0.29, 0.717) is 26.2 Å². The number of benzene rings is 2. The van der Waals surface area contributed by atoms with Crippen molar-refractivity contribution in [1.82, 2.24) is 14.5 Å². The van der Waals surface area contributed by atoms with Crippen LogP contribution in [0.5, 0.6) is 5.75 Å². The molecular weight excluding hydrogens is 473 g/mol. The maximum Gasteiger partial charge on any atom is 0.268 e. The van der Waals surface area contributed by atoms with Crippen LogP contribution in [0.3, 0.4) is 0 Å². The van der Waals surface area contributed by atoms with Gasteiger partial charge in [0.05, 0.1) is 11.8 Å². The first-order valence-electron chi connectivity index (χ1n) is 10.2. The van der Waals surface area contributed by atoms with Crippen molar-refractivity contribution in [2.24, 2.45) is 0 Å². The SMILES string of the molecule is CC1CN(Cc2ccc(F)cc2)CCN1C(=O)COc1ccc(Cl)cc1C(=O)NS(C)(=O)=O. The molecule has 1 unspecified atom stereocenters. The number of halogens is 2. The van der Waals surface area contributed by atoms with Crippen molar-refractivity contribution in [3.63, 3.8) is 0 Å². The number of piperazine rings is 1. The van der Waals surface area contributed by atoms with Crippen LogP contribution in [0.2, 0.25) is 5.02 Å². The van der Waals surface area contributed by atoms with E-state index < -0.39 is 15.9 Å². The Morgan fingerprint density at radius 3 is 2.52 bits per heavy atom. The second-order valence-electron chi connectivity index (χ2n) is 7.93. The van der Waals surface area contributed by atoms with E-state index in [0.717, 1.165) is 11.8 Å². The van der Waals surface area contributed by atoms with Gasteiger partial charge in [-0.2, -0.15) is 0 Å². The summed E-state index contributed by atoms with van der Waals surface area (Å²) in [6.45, 7) is 4.06. The molecule has 2 amide bonds. The topological polar surface area (TPSA) is 96.0 Å². The summed E-state index contributed by atoms with van der Waals surface area (Å²) >= 11 is 5.93. The molecule has 1 fully saturated rings. The van der Waals surface area contributed by atoms with E-state index >= 15 is 0 Å². The van der Waals surface area contributed by atoms with Gasteiger partial charge in [0.1, 0.15) is 11.6 Å². The largest absolute Gasteiger partial charge is 0.483 e. The van der Waals surface area contributed by atoms with Crippen LogP contribution in [0, 0.1) is 5.82 Å². The fourth-order valence-electron chi connectivity index (χ4n) is 3.65. The molecular formula is C22H25ClFN3O5S. The molecule has 1 aliphatic heterocycles. The second kappa shape index (κ2) is 10.5. The van der Waals surface area contributed by atoms with Gasteiger partial charge in [-0.1, -0.05) is 23.7 Å². The lowest BCUT2D eigenvalue weighted by Gasteiger charge is -2.39. The first-order chi connectivity index (χ1) is 15.5. The summed E-state index contributed by atoms with van der Waals surface area (Å²) in [6.07, 6.45) is 0.858. The molecule has 0 spiro atoms. The zero-order valence-electron chi connectivity index (χ0n) is 18.3. The molecule has 178 valence electrons. The molecule has 11 heteroatoms. The van der Waals surface area contributed by atoms with Gasteiger partial charge in [-0.25, -0.2) is 17.5 Å². The Kier molecular flexibility index (Phi) is 7.93. The molecule has 2 aromatic carbocycles. The quantitative estimate of drug-likeness (QED) is 0.630. The molecule has 1 heterocycles. The van der Waals surface area contributed by atoms with Crippen molar-refractivity contribution in [2.45, 2.75) is 19.5 Å². The third kappa shape index (κ3) is 7.15. The van der Waals surface area contributed by atoms with Crippen LogP contribution in [0.15, 0.2) is 42.5 Å². The third-order valence-corrected chi connectivity index (χ3v) is 5.96. The Hall–Kier alpha value is -2.69. The van der Waals surface area contributed by atoms with Gasteiger partial charge < -0.3 is 9.64 Å². The number of nitrogens with zero attached hydrogens (tertiary/aromatic N) is 2. The summed E-state index contributed by atoms with van der Waals surface area (Å²) in [6, 6.07) is 10.4. The number of rotatable bonds is 7. The van der Waals surface area contributed by atoms with E-state index in [1.54, 1.807) is 17.0 Å². The molecule has 2 aromatic rings. The highest BCUT2D eigenvalue weighted by molar-refractivity contribution is 7.89. The summed E-state index contributed by atoms with van der Waals surface area (Å²) in [5.74, 6) is -1.38.